The third kappa shape index (κ3) is 4.66. The molecule has 1 aromatic rings. The van der Waals surface area contributed by atoms with E-state index >= 15 is 0 Å². The number of rotatable bonds is 7. The van der Waals surface area contributed by atoms with Crippen molar-refractivity contribution in [2.24, 2.45) is 0 Å². The van der Waals surface area contributed by atoms with E-state index in [1.54, 1.807) is 25.1 Å². The van der Waals surface area contributed by atoms with E-state index in [1.165, 1.54) is 0 Å². The lowest BCUT2D eigenvalue weighted by atomic mass is 10.1. The normalized spacial score (nSPS) is 12.4. The SMILES string of the molecule is CCOc1cccc2c1C(=O)N(CCCO[N+](=O)[O-])C2=O.CNC. The summed E-state index contributed by atoms with van der Waals surface area (Å²) < 4.78 is 5.36. The monoisotopic (exact) mass is 339 g/mol. The molecule has 24 heavy (non-hydrogen) atoms. The first-order valence-corrected chi connectivity index (χ1v) is 7.45. The van der Waals surface area contributed by atoms with Crippen LogP contribution < -0.4 is 10.1 Å². The molecule has 0 spiro atoms. The van der Waals surface area contributed by atoms with Gasteiger partial charge in [0.1, 0.15) is 5.75 Å². The Morgan fingerprint density at radius 1 is 1.25 bits per heavy atom. The van der Waals surface area contributed by atoms with Crippen LogP contribution in [0, 0.1) is 10.1 Å². The van der Waals surface area contributed by atoms with Gasteiger partial charge in [-0.15, -0.1) is 10.1 Å². The first-order valence-electron chi connectivity index (χ1n) is 7.45. The summed E-state index contributed by atoms with van der Waals surface area (Å²) in [6.45, 7) is 2.06. The largest absolute Gasteiger partial charge is 0.493 e. The average Bonchev–Trinajstić information content (AvgIpc) is 2.78. The Labute approximate surface area is 139 Å². The molecule has 0 aliphatic carbocycles. The number of fused-ring (bicyclic) bond motifs is 1. The number of hydrogen-bond acceptors (Lipinski definition) is 7. The molecule has 9 heteroatoms. The fraction of sp³-hybridized carbons (Fsp3) is 0.467. The molecule has 2 amide bonds. The second kappa shape index (κ2) is 9.46. The summed E-state index contributed by atoms with van der Waals surface area (Å²) >= 11 is 0. The van der Waals surface area contributed by atoms with Crippen molar-refractivity contribution in [2.45, 2.75) is 13.3 Å². The lowest BCUT2D eigenvalue weighted by molar-refractivity contribution is -0.757. The highest BCUT2D eigenvalue weighted by molar-refractivity contribution is 6.22. The zero-order chi connectivity index (χ0) is 18.1. The topological polar surface area (TPSA) is 111 Å². The quantitative estimate of drug-likeness (QED) is 0.343. The van der Waals surface area contributed by atoms with Crippen LogP contribution in [0.15, 0.2) is 18.2 Å². The first-order chi connectivity index (χ1) is 11.5. The van der Waals surface area contributed by atoms with Gasteiger partial charge in [-0.1, -0.05) is 6.07 Å². The van der Waals surface area contributed by atoms with E-state index in [9.17, 15) is 19.7 Å². The van der Waals surface area contributed by atoms with Crippen LogP contribution in [0.2, 0.25) is 0 Å². The molecule has 1 aromatic carbocycles. The zero-order valence-electron chi connectivity index (χ0n) is 13.9. The van der Waals surface area contributed by atoms with Gasteiger partial charge in [0, 0.05) is 6.54 Å². The Morgan fingerprint density at radius 3 is 2.50 bits per heavy atom. The van der Waals surface area contributed by atoms with Gasteiger partial charge in [0.15, 0.2) is 0 Å². The van der Waals surface area contributed by atoms with E-state index in [4.69, 9.17) is 4.74 Å². The Balaban J connectivity index is 0.000000891. The number of carbonyl (C=O) groups is 2. The maximum Gasteiger partial charge on any atom is 0.294 e. The van der Waals surface area contributed by atoms with Crippen LogP contribution in [0.5, 0.6) is 5.75 Å². The number of carbonyl (C=O) groups excluding carboxylic acids is 2. The average molecular weight is 339 g/mol. The smallest absolute Gasteiger partial charge is 0.294 e. The van der Waals surface area contributed by atoms with Gasteiger partial charge in [-0.3, -0.25) is 14.5 Å². The van der Waals surface area contributed by atoms with Crippen molar-refractivity contribution < 1.29 is 24.3 Å². The Hall–Kier alpha value is -2.68. The van der Waals surface area contributed by atoms with Gasteiger partial charge in [0.05, 0.1) is 24.3 Å². The van der Waals surface area contributed by atoms with Gasteiger partial charge in [-0.05, 0) is 39.6 Å². The molecule has 0 radical (unpaired) electrons. The summed E-state index contributed by atoms with van der Waals surface area (Å²) in [5.74, 6) is -0.491. The van der Waals surface area contributed by atoms with Crippen molar-refractivity contribution in [1.82, 2.24) is 10.2 Å². The van der Waals surface area contributed by atoms with Crippen LogP contribution in [0.4, 0.5) is 0 Å². The predicted molar refractivity (Wildman–Crippen MR) is 85.5 cm³/mol. The molecule has 0 saturated heterocycles. The maximum atomic E-state index is 12.3. The Kier molecular flexibility index (Phi) is 7.63. The summed E-state index contributed by atoms with van der Waals surface area (Å²) in [7, 11) is 3.75. The van der Waals surface area contributed by atoms with Gasteiger partial charge in [-0.25, -0.2) is 0 Å². The van der Waals surface area contributed by atoms with Crippen LogP contribution in [0.3, 0.4) is 0 Å². The second-order valence-corrected chi connectivity index (χ2v) is 4.78. The van der Waals surface area contributed by atoms with E-state index in [2.05, 4.69) is 10.2 Å². The van der Waals surface area contributed by atoms with Crippen molar-refractivity contribution in [1.29, 1.82) is 0 Å². The van der Waals surface area contributed by atoms with E-state index in [0.717, 1.165) is 4.90 Å². The third-order valence-electron chi connectivity index (χ3n) is 2.98. The molecule has 0 aromatic heterocycles. The highest BCUT2D eigenvalue weighted by atomic mass is 16.9. The molecular weight excluding hydrogens is 318 g/mol. The van der Waals surface area contributed by atoms with Gasteiger partial charge in [-0.2, -0.15) is 0 Å². The van der Waals surface area contributed by atoms with Crippen LogP contribution in [-0.4, -0.2) is 55.7 Å². The summed E-state index contributed by atoms with van der Waals surface area (Å²) in [4.78, 5) is 39.7. The summed E-state index contributed by atoms with van der Waals surface area (Å²) in [5, 5.41) is 11.9. The standard InChI is InChI=1S/C13H14N2O6.C2H7N/c1-2-20-10-6-3-5-9-11(10)13(17)14(12(9)16)7-4-8-21-15(18)19;1-3-2/h3,5-6H,2,4,7-8H2,1H3;3H,1-2H3. The van der Waals surface area contributed by atoms with Crippen molar-refractivity contribution in [2.75, 3.05) is 33.9 Å². The molecule has 0 fully saturated rings. The van der Waals surface area contributed by atoms with E-state index in [0.29, 0.717) is 17.9 Å². The predicted octanol–water partition coefficient (Wildman–Crippen LogP) is 1.12. The van der Waals surface area contributed by atoms with Crippen LogP contribution in [0.25, 0.3) is 0 Å². The fourth-order valence-corrected chi connectivity index (χ4v) is 2.14. The fourth-order valence-electron chi connectivity index (χ4n) is 2.14. The molecule has 1 heterocycles. The number of amides is 2. The van der Waals surface area contributed by atoms with Crippen molar-refractivity contribution >= 4 is 11.8 Å². The minimum atomic E-state index is -0.907. The number of hydrogen-bond donors (Lipinski definition) is 1. The molecule has 0 saturated carbocycles. The molecule has 9 nitrogen and oxygen atoms in total. The van der Waals surface area contributed by atoms with Gasteiger partial charge >= 0.3 is 0 Å². The molecule has 0 bridgehead atoms. The zero-order valence-corrected chi connectivity index (χ0v) is 13.9. The van der Waals surface area contributed by atoms with Crippen LogP contribution >= 0.6 is 0 Å². The summed E-state index contributed by atoms with van der Waals surface area (Å²) in [6, 6.07) is 4.84. The van der Waals surface area contributed by atoms with E-state index in [1.807, 2.05) is 14.1 Å². The molecule has 0 atom stereocenters. The van der Waals surface area contributed by atoms with Gasteiger partial charge in [0.25, 0.3) is 16.9 Å². The Morgan fingerprint density at radius 2 is 1.92 bits per heavy atom. The van der Waals surface area contributed by atoms with Gasteiger partial charge in [0.2, 0.25) is 0 Å². The van der Waals surface area contributed by atoms with E-state index in [-0.39, 0.29) is 25.1 Å². The second-order valence-electron chi connectivity index (χ2n) is 4.78. The first kappa shape index (κ1) is 19.4. The van der Waals surface area contributed by atoms with Crippen LogP contribution in [-0.2, 0) is 4.84 Å². The van der Waals surface area contributed by atoms with Crippen LogP contribution in [0.1, 0.15) is 34.1 Å². The lowest BCUT2D eigenvalue weighted by Gasteiger charge is -2.13. The van der Waals surface area contributed by atoms with Crippen molar-refractivity contribution in [3.63, 3.8) is 0 Å². The molecular formula is C15H21N3O6. The minimum Gasteiger partial charge on any atom is -0.493 e. The van der Waals surface area contributed by atoms with Gasteiger partial charge < -0.3 is 14.9 Å². The Bertz CT molecular complexity index is 605. The summed E-state index contributed by atoms with van der Waals surface area (Å²) in [5.41, 5.74) is 0.542. The molecule has 132 valence electrons. The highest BCUT2D eigenvalue weighted by Crippen LogP contribution is 2.30. The lowest BCUT2D eigenvalue weighted by Crippen LogP contribution is -2.31. The molecule has 1 aliphatic heterocycles. The highest BCUT2D eigenvalue weighted by Gasteiger charge is 2.37. The summed E-state index contributed by atoms with van der Waals surface area (Å²) in [6.07, 6.45) is 0.191. The number of imide groups is 1. The van der Waals surface area contributed by atoms with Crippen molar-refractivity contribution in [3.05, 3.63) is 39.4 Å². The number of benzene rings is 1. The minimum absolute atomic E-state index is 0.0613. The van der Waals surface area contributed by atoms with E-state index < -0.39 is 16.9 Å². The number of nitrogens with zero attached hydrogens (tertiary/aromatic N) is 2. The molecule has 2 rings (SSSR count). The maximum absolute atomic E-state index is 12.3. The molecule has 1 aliphatic rings. The number of nitrogens with one attached hydrogen (secondary N) is 1. The molecule has 1 N–H and O–H groups in total. The molecule has 0 unspecified atom stereocenters. The third-order valence-corrected chi connectivity index (χ3v) is 2.98. The number of ether oxygens (including phenoxy) is 1. The van der Waals surface area contributed by atoms with Crippen molar-refractivity contribution in [3.8, 4) is 5.75 Å².